The summed E-state index contributed by atoms with van der Waals surface area (Å²) in [6.45, 7) is 0.705. The third-order valence-electron chi connectivity index (χ3n) is 3.17. The Morgan fingerprint density at radius 3 is 2.82 bits per heavy atom. The highest BCUT2D eigenvalue weighted by molar-refractivity contribution is 7.90. The predicted octanol–water partition coefficient (Wildman–Crippen LogP) is 1.53. The number of benzene rings is 1. The highest BCUT2D eigenvalue weighted by atomic mass is 32.2. The van der Waals surface area contributed by atoms with E-state index in [-0.39, 0.29) is 0 Å². The molecule has 5 heteroatoms. The van der Waals surface area contributed by atoms with E-state index in [1.165, 1.54) is 12.8 Å². The van der Waals surface area contributed by atoms with Gasteiger partial charge < -0.3 is 0 Å². The molecule has 1 heterocycles. The molecular formula is C12H14N2O2S. The Bertz CT molecular complexity index is 574. The van der Waals surface area contributed by atoms with Crippen molar-refractivity contribution in [1.82, 2.24) is 4.72 Å². The zero-order valence-electron chi connectivity index (χ0n) is 9.39. The molecule has 1 aliphatic heterocycles. The molecule has 90 valence electrons. The van der Waals surface area contributed by atoms with Crippen molar-refractivity contribution in [3.8, 4) is 0 Å². The van der Waals surface area contributed by atoms with Crippen LogP contribution >= 0.6 is 0 Å². The van der Waals surface area contributed by atoms with Crippen molar-refractivity contribution in [1.29, 1.82) is 0 Å². The maximum absolute atomic E-state index is 11.8. The van der Waals surface area contributed by atoms with E-state index in [0.29, 0.717) is 22.8 Å². The van der Waals surface area contributed by atoms with Crippen LogP contribution in [-0.2, 0) is 10.0 Å². The van der Waals surface area contributed by atoms with E-state index in [1.54, 1.807) is 18.2 Å². The van der Waals surface area contributed by atoms with Gasteiger partial charge in [-0.25, -0.2) is 8.42 Å². The van der Waals surface area contributed by atoms with Gasteiger partial charge in [-0.3, -0.25) is 9.71 Å². The lowest BCUT2D eigenvalue weighted by Gasteiger charge is -1.98. The minimum absolute atomic E-state index is 0.338. The van der Waals surface area contributed by atoms with Gasteiger partial charge in [0.15, 0.2) is 0 Å². The minimum atomic E-state index is -3.37. The van der Waals surface area contributed by atoms with Gasteiger partial charge in [0.1, 0.15) is 5.84 Å². The maximum Gasteiger partial charge on any atom is 0.263 e. The fraction of sp³-hybridized carbons (Fsp3) is 0.417. The van der Waals surface area contributed by atoms with Crippen LogP contribution in [0.3, 0.4) is 0 Å². The van der Waals surface area contributed by atoms with E-state index in [1.807, 2.05) is 6.07 Å². The lowest BCUT2D eigenvalue weighted by molar-refractivity contribution is 0.595. The summed E-state index contributed by atoms with van der Waals surface area (Å²) >= 11 is 0. The van der Waals surface area contributed by atoms with E-state index in [9.17, 15) is 8.42 Å². The first-order valence-electron chi connectivity index (χ1n) is 5.83. The Labute approximate surface area is 101 Å². The lowest BCUT2D eigenvalue weighted by atomic mass is 10.2. The molecule has 1 aromatic carbocycles. The van der Waals surface area contributed by atoms with E-state index >= 15 is 0 Å². The first kappa shape index (κ1) is 10.8. The van der Waals surface area contributed by atoms with Gasteiger partial charge in [0.05, 0.1) is 4.90 Å². The molecule has 2 aliphatic rings. The molecule has 0 unspecified atom stereocenters. The summed E-state index contributed by atoms with van der Waals surface area (Å²) in [6.07, 6.45) is 3.66. The van der Waals surface area contributed by atoms with Crippen LogP contribution in [0.1, 0.15) is 24.8 Å². The molecule has 4 nitrogen and oxygen atoms in total. The number of sulfonamides is 1. The van der Waals surface area contributed by atoms with Gasteiger partial charge in [-0.15, -0.1) is 0 Å². The number of hydrogen-bond acceptors (Lipinski definition) is 3. The quantitative estimate of drug-likeness (QED) is 0.884. The van der Waals surface area contributed by atoms with Crippen molar-refractivity contribution in [2.24, 2.45) is 10.9 Å². The molecule has 1 N–H and O–H groups in total. The second-order valence-electron chi connectivity index (χ2n) is 4.56. The van der Waals surface area contributed by atoms with Crippen LogP contribution in [0.15, 0.2) is 34.2 Å². The summed E-state index contributed by atoms with van der Waals surface area (Å²) in [5.41, 5.74) is 0.697. The molecule has 0 aromatic heterocycles. The van der Waals surface area contributed by atoms with E-state index in [4.69, 9.17) is 0 Å². The molecule has 0 spiro atoms. The summed E-state index contributed by atoms with van der Waals surface area (Å²) in [6, 6.07) is 6.97. The molecule has 17 heavy (non-hydrogen) atoms. The molecule has 3 rings (SSSR count). The highest BCUT2D eigenvalue weighted by Crippen LogP contribution is 2.32. The fourth-order valence-electron chi connectivity index (χ4n) is 2.02. The summed E-state index contributed by atoms with van der Waals surface area (Å²) in [4.78, 5) is 4.70. The lowest BCUT2D eigenvalue weighted by Crippen LogP contribution is -2.22. The van der Waals surface area contributed by atoms with Crippen molar-refractivity contribution in [3.63, 3.8) is 0 Å². The zero-order valence-corrected chi connectivity index (χ0v) is 10.2. The third kappa shape index (κ3) is 2.07. The van der Waals surface area contributed by atoms with Crippen LogP contribution in [-0.4, -0.2) is 20.8 Å². The topological polar surface area (TPSA) is 58.5 Å². The van der Waals surface area contributed by atoms with Crippen molar-refractivity contribution < 1.29 is 8.42 Å². The number of rotatable bonds is 3. The largest absolute Gasteiger partial charge is 0.267 e. The molecule has 0 amide bonds. The van der Waals surface area contributed by atoms with Crippen LogP contribution in [0, 0.1) is 5.92 Å². The van der Waals surface area contributed by atoms with Crippen LogP contribution < -0.4 is 4.72 Å². The molecular weight excluding hydrogens is 236 g/mol. The Balaban J connectivity index is 1.87. The van der Waals surface area contributed by atoms with Gasteiger partial charge in [-0.2, -0.15) is 0 Å². The molecule has 0 radical (unpaired) electrons. The predicted molar refractivity (Wildman–Crippen MR) is 65.5 cm³/mol. The maximum atomic E-state index is 11.8. The Kier molecular flexibility index (Phi) is 2.43. The van der Waals surface area contributed by atoms with Crippen LogP contribution in [0.25, 0.3) is 0 Å². The monoisotopic (exact) mass is 250 g/mol. The van der Waals surface area contributed by atoms with Crippen molar-refractivity contribution >= 4 is 15.9 Å². The molecule has 1 fully saturated rings. The molecule has 1 aromatic rings. The Morgan fingerprint density at radius 1 is 1.29 bits per heavy atom. The zero-order chi connectivity index (χ0) is 11.9. The highest BCUT2D eigenvalue weighted by Gasteiger charge is 2.30. The summed E-state index contributed by atoms with van der Waals surface area (Å²) < 4.78 is 26.1. The molecule has 0 atom stereocenters. The average Bonchev–Trinajstić information content (AvgIpc) is 3.07. The normalized spacial score (nSPS) is 23.4. The van der Waals surface area contributed by atoms with Gasteiger partial charge in [0.25, 0.3) is 10.0 Å². The Morgan fingerprint density at radius 2 is 2.06 bits per heavy atom. The number of aliphatic imine (C=N–C) groups is 1. The van der Waals surface area contributed by atoms with E-state index in [2.05, 4.69) is 9.71 Å². The van der Waals surface area contributed by atoms with Crippen LogP contribution in [0.5, 0.6) is 0 Å². The molecule has 1 saturated carbocycles. The fourth-order valence-corrected chi connectivity index (χ4v) is 3.27. The number of nitrogens with zero attached hydrogens (tertiary/aromatic N) is 1. The summed E-state index contributed by atoms with van der Waals surface area (Å²) in [5, 5.41) is 0. The number of hydrogen-bond donors (Lipinski definition) is 1. The first-order chi connectivity index (χ1) is 8.17. The average molecular weight is 250 g/mol. The van der Waals surface area contributed by atoms with Gasteiger partial charge in [0, 0.05) is 12.1 Å². The van der Waals surface area contributed by atoms with E-state index < -0.39 is 10.0 Å². The Hall–Kier alpha value is -1.36. The minimum Gasteiger partial charge on any atom is -0.267 e. The summed E-state index contributed by atoms with van der Waals surface area (Å²) in [7, 11) is -3.37. The number of nitrogens with one attached hydrogen (secondary N) is 1. The van der Waals surface area contributed by atoms with Gasteiger partial charge in [-0.05, 0) is 24.5 Å². The second-order valence-corrected chi connectivity index (χ2v) is 6.21. The molecule has 1 aliphatic carbocycles. The van der Waals surface area contributed by atoms with Gasteiger partial charge in [0.2, 0.25) is 0 Å². The smallest absolute Gasteiger partial charge is 0.263 e. The van der Waals surface area contributed by atoms with Gasteiger partial charge in [-0.1, -0.05) is 25.0 Å². The standard InChI is InChI=1S/C12H14N2O2S/c15-17(16)11-4-2-1-3-10(11)12(14-17)13-8-7-9-5-6-9/h1-4,9H,5-8H2,(H,13,14). The SMILES string of the molecule is O=S1(=O)NC(=NCCC2CC2)c2ccccc21. The van der Waals surface area contributed by atoms with Crippen LogP contribution in [0.4, 0.5) is 0 Å². The second kappa shape index (κ2) is 3.84. The number of fused-ring (bicyclic) bond motifs is 1. The first-order valence-corrected chi connectivity index (χ1v) is 7.32. The number of amidine groups is 1. The van der Waals surface area contributed by atoms with Crippen molar-refractivity contribution in [2.45, 2.75) is 24.2 Å². The van der Waals surface area contributed by atoms with Crippen molar-refractivity contribution in [2.75, 3.05) is 6.54 Å². The van der Waals surface area contributed by atoms with Crippen LogP contribution in [0.2, 0.25) is 0 Å². The summed E-state index contributed by atoms with van der Waals surface area (Å²) in [5.74, 6) is 1.31. The molecule has 0 bridgehead atoms. The third-order valence-corrected chi connectivity index (χ3v) is 4.56. The van der Waals surface area contributed by atoms with E-state index in [0.717, 1.165) is 12.3 Å². The van der Waals surface area contributed by atoms with Crippen molar-refractivity contribution in [3.05, 3.63) is 29.8 Å². The molecule has 0 saturated heterocycles. The van der Waals surface area contributed by atoms with Gasteiger partial charge >= 0.3 is 0 Å².